The summed E-state index contributed by atoms with van der Waals surface area (Å²) in [5.74, 6) is 0.877. The number of ketones is 1. The van der Waals surface area contributed by atoms with Gasteiger partial charge in [0.25, 0.3) is 0 Å². The number of H-pyrrole nitrogens is 1. The number of aromatic nitrogens is 3. The fraction of sp³-hybridized carbons (Fsp3) is 0.0741. The zero-order valence-electron chi connectivity index (χ0n) is 18.2. The minimum atomic E-state index is -0.328. The quantitative estimate of drug-likeness (QED) is 0.270. The number of hydrogen-bond donors (Lipinski definition) is 1. The van der Waals surface area contributed by atoms with Crippen LogP contribution in [-0.4, -0.2) is 16.0 Å². The second kappa shape index (κ2) is 10.9. The average molecular weight is 488 g/mol. The van der Waals surface area contributed by atoms with Crippen molar-refractivity contribution in [3.8, 4) is 17.0 Å². The van der Waals surface area contributed by atoms with E-state index in [1.54, 1.807) is 0 Å². The molecule has 5 rings (SSSR count). The summed E-state index contributed by atoms with van der Waals surface area (Å²) >= 11 is 1.46. The zero-order chi connectivity index (χ0) is 22.5. The lowest BCUT2D eigenvalue weighted by Crippen LogP contribution is -3.00. The van der Waals surface area contributed by atoms with E-state index in [4.69, 9.17) is 4.74 Å². The van der Waals surface area contributed by atoms with Crippen LogP contribution in [0.1, 0.15) is 27.0 Å². The van der Waals surface area contributed by atoms with E-state index in [2.05, 4.69) is 10.2 Å². The number of halogens is 1. The SMILES string of the molecule is O=C(C[n+]1cccc(-c2cc(C(Oc3ccccc3)c3ccccc3)[nH]n2)c1)c1cccs1.[Cl-]. The molecule has 0 spiro atoms. The molecule has 7 heteroatoms. The molecule has 3 aromatic heterocycles. The first-order valence-electron chi connectivity index (χ1n) is 10.6. The van der Waals surface area contributed by atoms with E-state index in [1.165, 1.54) is 11.3 Å². The first-order valence-corrected chi connectivity index (χ1v) is 11.5. The molecule has 5 nitrogen and oxygen atoms in total. The van der Waals surface area contributed by atoms with Gasteiger partial charge in [-0.2, -0.15) is 9.67 Å². The van der Waals surface area contributed by atoms with Crippen molar-refractivity contribution >= 4 is 17.1 Å². The highest BCUT2D eigenvalue weighted by molar-refractivity contribution is 7.12. The Hall–Kier alpha value is -3.74. The molecule has 1 N–H and O–H groups in total. The van der Waals surface area contributed by atoms with E-state index < -0.39 is 0 Å². The summed E-state index contributed by atoms with van der Waals surface area (Å²) in [6.07, 6.45) is 3.51. The van der Waals surface area contributed by atoms with E-state index in [0.717, 1.165) is 33.1 Å². The molecule has 5 aromatic rings. The van der Waals surface area contributed by atoms with Gasteiger partial charge in [0.1, 0.15) is 5.75 Å². The number of aromatic amines is 1. The van der Waals surface area contributed by atoms with Crippen molar-refractivity contribution in [1.82, 2.24) is 10.2 Å². The Bertz CT molecular complexity index is 1340. The van der Waals surface area contributed by atoms with Crippen molar-refractivity contribution in [2.75, 3.05) is 0 Å². The number of pyridine rings is 1. The van der Waals surface area contributed by atoms with Crippen LogP contribution in [0.5, 0.6) is 5.75 Å². The lowest BCUT2D eigenvalue weighted by molar-refractivity contribution is -0.682. The molecular weight excluding hydrogens is 466 g/mol. The lowest BCUT2D eigenvalue weighted by atomic mass is 10.1. The Labute approximate surface area is 208 Å². The van der Waals surface area contributed by atoms with Crippen LogP contribution < -0.4 is 21.7 Å². The monoisotopic (exact) mass is 487 g/mol. The van der Waals surface area contributed by atoms with Crippen molar-refractivity contribution in [3.63, 3.8) is 0 Å². The number of nitrogens with one attached hydrogen (secondary N) is 1. The van der Waals surface area contributed by atoms with Gasteiger partial charge in [-0.15, -0.1) is 11.3 Å². The van der Waals surface area contributed by atoms with Crippen LogP contribution in [0.3, 0.4) is 0 Å². The summed E-state index contributed by atoms with van der Waals surface area (Å²) < 4.78 is 8.22. The summed E-state index contributed by atoms with van der Waals surface area (Å²) in [5.41, 5.74) is 3.59. The molecule has 0 aliphatic heterocycles. The third-order valence-electron chi connectivity index (χ3n) is 5.26. The number of Topliss-reactive ketones (excluding diaryl/α,β-unsaturated/α-hetero) is 1. The van der Waals surface area contributed by atoms with Gasteiger partial charge in [0.2, 0.25) is 12.3 Å². The molecule has 0 radical (unpaired) electrons. The van der Waals surface area contributed by atoms with Gasteiger partial charge in [-0.3, -0.25) is 9.89 Å². The number of thiophene rings is 1. The van der Waals surface area contributed by atoms with Gasteiger partial charge in [0.15, 0.2) is 18.5 Å². The summed E-state index contributed by atoms with van der Waals surface area (Å²) in [6, 6.07) is 29.5. The fourth-order valence-corrected chi connectivity index (χ4v) is 4.30. The third-order valence-corrected chi connectivity index (χ3v) is 6.17. The molecule has 3 heterocycles. The van der Waals surface area contributed by atoms with Crippen molar-refractivity contribution in [2.24, 2.45) is 0 Å². The number of ether oxygens (including phenoxy) is 1. The van der Waals surface area contributed by atoms with Crippen LogP contribution in [-0.2, 0) is 6.54 Å². The first kappa shape index (κ1) is 23.4. The topological polar surface area (TPSA) is 58.9 Å². The van der Waals surface area contributed by atoms with E-state index >= 15 is 0 Å². The zero-order valence-corrected chi connectivity index (χ0v) is 19.7. The molecule has 0 aliphatic rings. The molecule has 170 valence electrons. The van der Waals surface area contributed by atoms with E-state index in [9.17, 15) is 4.79 Å². The van der Waals surface area contributed by atoms with E-state index in [-0.39, 0.29) is 30.8 Å². The second-order valence-electron chi connectivity index (χ2n) is 7.60. The van der Waals surface area contributed by atoms with Crippen LogP contribution in [0, 0.1) is 0 Å². The predicted molar refractivity (Wildman–Crippen MR) is 128 cm³/mol. The molecule has 1 atom stereocenters. The van der Waals surface area contributed by atoms with Gasteiger partial charge in [-0.1, -0.05) is 54.6 Å². The highest BCUT2D eigenvalue weighted by atomic mass is 35.5. The normalized spacial score (nSPS) is 11.4. The summed E-state index contributed by atoms with van der Waals surface area (Å²) in [5, 5.41) is 9.62. The van der Waals surface area contributed by atoms with Gasteiger partial charge in [0.05, 0.1) is 21.8 Å². The van der Waals surface area contributed by atoms with Crippen molar-refractivity contribution in [2.45, 2.75) is 12.6 Å². The van der Waals surface area contributed by atoms with Crippen LogP contribution >= 0.6 is 11.3 Å². The van der Waals surface area contributed by atoms with E-state index in [1.807, 2.05) is 113 Å². The van der Waals surface area contributed by atoms with Crippen LogP contribution in [0.4, 0.5) is 0 Å². The Morgan fingerprint density at radius 3 is 2.47 bits per heavy atom. The number of nitrogens with zero attached hydrogens (tertiary/aromatic N) is 2. The molecule has 0 amide bonds. The highest BCUT2D eigenvalue weighted by Gasteiger charge is 2.20. The smallest absolute Gasteiger partial charge is 0.237 e. The van der Waals surface area contributed by atoms with Gasteiger partial charge >= 0.3 is 0 Å². The van der Waals surface area contributed by atoms with Gasteiger partial charge in [-0.05, 0) is 41.3 Å². The second-order valence-corrected chi connectivity index (χ2v) is 8.54. The predicted octanol–water partition coefficient (Wildman–Crippen LogP) is 2.48. The van der Waals surface area contributed by atoms with Crippen molar-refractivity contribution < 1.29 is 26.5 Å². The summed E-state index contributed by atoms with van der Waals surface area (Å²) in [6.45, 7) is 0.287. The fourth-order valence-electron chi connectivity index (χ4n) is 3.65. The molecular formula is C27H22ClN3O2S. The molecule has 0 saturated heterocycles. The number of rotatable bonds is 8. The van der Waals surface area contributed by atoms with Crippen molar-refractivity contribution in [3.05, 3.63) is 125 Å². The van der Waals surface area contributed by atoms with Gasteiger partial charge in [0, 0.05) is 6.07 Å². The molecule has 0 bridgehead atoms. The molecule has 1 unspecified atom stereocenters. The van der Waals surface area contributed by atoms with Crippen LogP contribution in [0.25, 0.3) is 11.3 Å². The van der Waals surface area contributed by atoms with Gasteiger partial charge < -0.3 is 17.1 Å². The average Bonchev–Trinajstić information content (AvgIpc) is 3.57. The number of para-hydroxylation sites is 1. The Morgan fingerprint density at radius 2 is 1.74 bits per heavy atom. The molecule has 0 aliphatic carbocycles. The summed E-state index contributed by atoms with van der Waals surface area (Å²) in [7, 11) is 0. The number of carbonyl (C=O) groups excluding carboxylic acids is 1. The molecule has 0 saturated carbocycles. The standard InChI is InChI=1S/C27H22N3O2S.ClH/c31-25(26-14-8-16-33-26)19-30-15-7-11-21(18-30)23-17-24(29-28-23)27(20-9-3-1-4-10-20)32-22-12-5-2-6-13-22;/h1-18,27H,19H2,(H,28,29);1H/q+1;/p-1. The van der Waals surface area contributed by atoms with E-state index in [0.29, 0.717) is 0 Å². The maximum atomic E-state index is 12.5. The number of carbonyl (C=O) groups is 1. The maximum Gasteiger partial charge on any atom is 0.237 e. The number of hydrogen-bond acceptors (Lipinski definition) is 4. The van der Waals surface area contributed by atoms with Crippen LogP contribution in [0.15, 0.2) is 109 Å². The number of benzene rings is 2. The minimum Gasteiger partial charge on any atom is -1.00 e. The minimum absolute atomic E-state index is 0. The molecule has 34 heavy (non-hydrogen) atoms. The largest absolute Gasteiger partial charge is 1.00 e. The summed E-state index contributed by atoms with van der Waals surface area (Å²) in [4.78, 5) is 13.3. The Balaban J connectivity index is 0.00000274. The molecule has 0 fully saturated rings. The maximum absolute atomic E-state index is 12.5. The highest BCUT2D eigenvalue weighted by Crippen LogP contribution is 2.29. The third kappa shape index (κ3) is 5.42. The van der Waals surface area contributed by atoms with Crippen molar-refractivity contribution in [1.29, 1.82) is 0 Å². The van der Waals surface area contributed by atoms with Gasteiger partial charge in [-0.25, -0.2) is 0 Å². The molecule has 2 aromatic carbocycles. The Kier molecular flexibility index (Phi) is 7.52. The lowest BCUT2D eigenvalue weighted by Gasteiger charge is -2.18. The Morgan fingerprint density at radius 1 is 0.971 bits per heavy atom. The van der Waals surface area contributed by atoms with Crippen LogP contribution in [0.2, 0.25) is 0 Å². The first-order chi connectivity index (χ1) is 16.3.